The molecule has 2 rings (SSSR count). The van der Waals surface area contributed by atoms with Crippen molar-refractivity contribution in [3.8, 4) is 18.4 Å². The molecule has 0 amide bonds. The average Bonchev–Trinajstić information content (AvgIpc) is 2.47. The Morgan fingerprint density at radius 3 is 2.41 bits per heavy atom. The number of anilines is 1. The van der Waals surface area contributed by atoms with Gasteiger partial charge in [0, 0.05) is 5.56 Å². The van der Waals surface area contributed by atoms with E-state index in [1.54, 1.807) is 36.4 Å². The summed E-state index contributed by atoms with van der Waals surface area (Å²) in [5.41, 5.74) is 1.90. The van der Waals surface area contributed by atoms with Crippen molar-refractivity contribution in [2.24, 2.45) is 0 Å². The van der Waals surface area contributed by atoms with Crippen molar-refractivity contribution < 1.29 is 8.42 Å². The first-order valence-corrected chi connectivity index (χ1v) is 8.22. The summed E-state index contributed by atoms with van der Waals surface area (Å²) < 4.78 is 26.7. The summed E-state index contributed by atoms with van der Waals surface area (Å²) in [4.78, 5) is 0. The van der Waals surface area contributed by atoms with Crippen LogP contribution in [0.15, 0.2) is 42.5 Å². The van der Waals surface area contributed by atoms with Crippen LogP contribution in [-0.4, -0.2) is 8.42 Å². The lowest BCUT2D eigenvalue weighted by atomic mass is 10.2. The van der Waals surface area contributed by atoms with Crippen LogP contribution in [0, 0.1) is 23.7 Å². The van der Waals surface area contributed by atoms with Gasteiger partial charge in [-0.1, -0.05) is 29.7 Å². The van der Waals surface area contributed by atoms with Crippen LogP contribution in [0.5, 0.6) is 0 Å². The second-order valence-corrected chi connectivity index (χ2v) is 6.64. The molecule has 0 saturated heterocycles. The van der Waals surface area contributed by atoms with Crippen LogP contribution < -0.4 is 4.72 Å². The van der Waals surface area contributed by atoms with E-state index in [9.17, 15) is 8.42 Å². The monoisotopic (exact) mass is 330 g/mol. The van der Waals surface area contributed by atoms with Crippen LogP contribution >= 0.6 is 11.6 Å². The van der Waals surface area contributed by atoms with E-state index in [2.05, 4.69) is 10.6 Å². The van der Waals surface area contributed by atoms with Gasteiger partial charge >= 0.3 is 0 Å². The highest BCUT2D eigenvalue weighted by atomic mass is 35.5. The van der Waals surface area contributed by atoms with Crippen molar-refractivity contribution in [1.82, 2.24) is 0 Å². The number of hydrogen-bond acceptors (Lipinski definition) is 3. The zero-order chi connectivity index (χ0) is 16.2. The molecule has 0 fully saturated rings. The Balaban J connectivity index is 2.15. The lowest BCUT2D eigenvalue weighted by molar-refractivity contribution is 0.600. The number of sulfonamides is 1. The van der Waals surface area contributed by atoms with Gasteiger partial charge in [0.15, 0.2) is 0 Å². The molecule has 0 atom stereocenters. The van der Waals surface area contributed by atoms with Crippen LogP contribution in [0.4, 0.5) is 5.69 Å². The Hall–Kier alpha value is -2.47. The lowest BCUT2D eigenvalue weighted by Gasteiger charge is -2.09. The Bertz CT molecular complexity index is 876. The molecule has 0 radical (unpaired) electrons. The summed E-state index contributed by atoms with van der Waals surface area (Å²) in [6.07, 6.45) is 5.26. The quantitative estimate of drug-likeness (QED) is 0.875. The maximum absolute atomic E-state index is 12.1. The topological polar surface area (TPSA) is 70.0 Å². The summed E-state index contributed by atoms with van der Waals surface area (Å²) in [7, 11) is -3.59. The zero-order valence-corrected chi connectivity index (χ0v) is 12.9. The van der Waals surface area contributed by atoms with Gasteiger partial charge < -0.3 is 0 Å². The SMILES string of the molecule is C#Cc1ccc(NS(=O)(=O)Cc2ccc(C#N)cc2)cc1Cl. The maximum atomic E-state index is 12.1. The van der Waals surface area contributed by atoms with E-state index in [1.807, 2.05) is 6.07 Å². The Morgan fingerprint density at radius 1 is 1.18 bits per heavy atom. The molecule has 0 unspecified atom stereocenters. The molecule has 0 aliphatic carbocycles. The van der Waals surface area contributed by atoms with Crippen molar-refractivity contribution in [2.75, 3.05) is 4.72 Å². The van der Waals surface area contributed by atoms with Gasteiger partial charge in [0.05, 0.1) is 28.1 Å². The third-order valence-electron chi connectivity index (χ3n) is 2.84. The average molecular weight is 331 g/mol. The summed E-state index contributed by atoms with van der Waals surface area (Å²) in [5.74, 6) is 2.20. The van der Waals surface area contributed by atoms with E-state index >= 15 is 0 Å². The van der Waals surface area contributed by atoms with E-state index in [0.29, 0.717) is 27.4 Å². The van der Waals surface area contributed by atoms with Gasteiger partial charge in [-0.15, -0.1) is 6.42 Å². The third kappa shape index (κ3) is 4.02. The minimum Gasteiger partial charge on any atom is -0.283 e. The Kier molecular flexibility index (Phi) is 4.72. The predicted molar refractivity (Wildman–Crippen MR) is 86.8 cm³/mol. The lowest BCUT2D eigenvalue weighted by Crippen LogP contribution is -2.15. The highest BCUT2D eigenvalue weighted by Crippen LogP contribution is 2.21. The Labute approximate surface area is 134 Å². The van der Waals surface area contributed by atoms with Crippen molar-refractivity contribution in [3.05, 3.63) is 64.2 Å². The molecule has 22 heavy (non-hydrogen) atoms. The summed E-state index contributed by atoms with van der Waals surface area (Å²) in [6.45, 7) is 0. The second kappa shape index (κ2) is 6.53. The summed E-state index contributed by atoms with van der Waals surface area (Å²) in [6, 6.07) is 12.9. The fourth-order valence-electron chi connectivity index (χ4n) is 1.81. The van der Waals surface area contributed by atoms with E-state index in [1.165, 1.54) is 6.07 Å². The number of benzene rings is 2. The smallest absolute Gasteiger partial charge is 0.236 e. The normalized spacial score (nSPS) is 10.5. The first kappa shape index (κ1) is 15.9. The molecule has 2 aromatic carbocycles. The fraction of sp³-hybridized carbons (Fsp3) is 0.0625. The second-order valence-electron chi connectivity index (χ2n) is 4.51. The largest absolute Gasteiger partial charge is 0.283 e. The van der Waals surface area contributed by atoms with Crippen LogP contribution in [0.25, 0.3) is 0 Å². The minimum atomic E-state index is -3.59. The fourth-order valence-corrected chi connectivity index (χ4v) is 3.23. The molecule has 6 heteroatoms. The van der Waals surface area contributed by atoms with Crippen molar-refractivity contribution >= 4 is 27.3 Å². The summed E-state index contributed by atoms with van der Waals surface area (Å²) >= 11 is 5.94. The van der Waals surface area contributed by atoms with Gasteiger partial charge in [-0.05, 0) is 35.9 Å². The molecule has 0 aliphatic rings. The molecule has 0 saturated carbocycles. The van der Waals surface area contributed by atoms with Gasteiger partial charge in [0.2, 0.25) is 10.0 Å². The molecule has 2 aromatic rings. The first-order chi connectivity index (χ1) is 10.4. The molecule has 0 heterocycles. The van der Waals surface area contributed by atoms with Gasteiger partial charge in [-0.3, -0.25) is 4.72 Å². The van der Waals surface area contributed by atoms with E-state index in [-0.39, 0.29) is 5.75 Å². The predicted octanol–water partition coefficient (Wildman–Crippen LogP) is 3.13. The van der Waals surface area contributed by atoms with Gasteiger partial charge in [0.1, 0.15) is 0 Å². The van der Waals surface area contributed by atoms with Crippen molar-refractivity contribution in [2.45, 2.75) is 5.75 Å². The molecule has 1 N–H and O–H groups in total. The molecular formula is C16H11ClN2O2S. The zero-order valence-electron chi connectivity index (χ0n) is 11.4. The molecule has 0 aromatic heterocycles. The molecule has 0 spiro atoms. The number of rotatable bonds is 4. The first-order valence-electron chi connectivity index (χ1n) is 6.19. The molecule has 0 bridgehead atoms. The number of nitrogens with zero attached hydrogens (tertiary/aromatic N) is 1. The number of nitrogens with one attached hydrogen (secondary N) is 1. The molecule has 4 nitrogen and oxygen atoms in total. The van der Waals surface area contributed by atoms with Crippen LogP contribution in [0.2, 0.25) is 5.02 Å². The number of halogens is 1. The molecule has 110 valence electrons. The molecular weight excluding hydrogens is 320 g/mol. The third-order valence-corrected chi connectivity index (χ3v) is 4.41. The van der Waals surface area contributed by atoms with Crippen molar-refractivity contribution in [3.63, 3.8) is 0 Å². The minimum absolute atomic E-state index is 0.201. The van der Waals surface area contributed by atoms with E-state index in [0.717, 1.165) is 0 Å². The van der Waals surface area contributed by atoms with Gasteiger partial charge in [0.25, 0.3) is 0 Å². The number of hydrogen-bond donors (Lipinski definition) is 1. The highest BCUT2D eigenvalue weighted by molar-refractivity contribution is 7.91. The van der Waals surface area contributed by atoms with E-state index < -0.39 is 10.0 Å². The maximum Gasteiger partial charge on any atom is 0.236 e. The number of nitriles is 1. The number of terminal acetylenes is 1. The van der Waals surface area contributed by atoms with Crippen LogP contribution in [0.3, 0.4) is 0 Å². The standard InChI is InChI=1S/C16H11ClN2O2S/c1-2-14-7-8-15(9-16(14)17)19-22(20,21)11-13-5-3-12(10-18)4-6-13/h1,3-9,19H,11H2. The highest BCUT2D eigenvalue weighted by Gasteiger charge is 2.12. The summed E-state index contributed by atoms with van der Waals surface area (Å²) in [5, 5.41) is 9.02. The van der Waals surface area contributed by atoms with Gasteiger partial charge in [-0.25, -0.2) is 8.42 Å². The Morgan fingerprint density at radius 2 is 1.86 bits per heavy atom. The van der Waals surface area contributed by atoms with E-state index in [4.69, 9.17) is 23.3 Å². The molecule has 0 aliphatic heterocycles. The van der Waals surface area contributed by atoms with Crippen LogP contribution in [-0.2, 0) is 15.8 Å². The van der Waals surface area contributed by atoms with Crippen molar-refractivity contribution in [1.29, 1.82) is 5.26 Å². The van der Waals surface area contributed by atoms with Gasteiger partial charge in [-0.2, -0.15) is 5.26 Å². The van der Waals surface area contributed by atoms with Crippen LogP contribution in [0.1, 0.15) is 16.7 Å².